The predicted octanol–water partition coefficient (Wildman–Crippen LogP) is 9.45. The highest BCUT2D eigenvalue weighted by atomic mass is 35.5. The molecular formula is C28H53ClO4. The van der Waals surface area contributed by atoms with Gasteiger partial charge in [-0.3, -0.25) is 9.59 Å². The topological polar surface area (TPSA) is 74.6 Å². The number of rotatable bonds is 21. The Hall–Kier alpha value is -1.03. The summed E-state index contributed by atoms with van der Waals surface area (Å²) in [6.45, 7) is 12.0. The lowest BCUT2D eigenvalue weighted by Crippen LogP contribution is -2.36. The molecule has 196 valence electrons. The molecule has 0 bridgehead atoms. The molecule has 2 unspecified atom stereocenters. The van der Waals surface area contributed by atoms with Crippen LogP contribution in [0.5, 0.6) is 0 Å². The van der Waals surface area contributed by atoms with Gasteiger partial charge in [-0.1, -0.05) is 123 Å². The van der Waals surface area contributed by atoms with Crippen LogP contribution in [-0.2, 0) is 9.59 Å². The van der Waals surface area contributed by atoms with Crippen molar-refractivity contribution < 1.29 is 19.8 Å². The van der Waals surface area contributed by atoms with Crippen LogP contribution in [0.2, 0.25) is 0 Å². The van der Waals surface area contributed by atoms with Gasteiger partial charge in [-0.25, -0.2) is 0 Å². The molecular weight excluding hydrogens is 436 g/mol. The summed E-state index contributed by atoms with van der Waals surface area (Å²) in [4.78, 5) is 23.3. The zero-order chi connectivity index (χ0) is 25.5. The molecule has 0 aromatic rings. The maximum Gasteiger partial charge on any atom is 0.309 e. The summed E-state index contributed by atoms with van der Waals surface area (Å²) in [6, 6.07) is 0. The fraction of sp³-hybridized carbons (Fsp3) is 0.857. The lowest BCUT2D eigenvalue weighted by atomic mass is 9.67. The number of carbonyl (C=O) groups is 2. The summed E-state index contributed by atoms with van der Waals surface area (Å²) >= 11 is 4.76. The van der Waals surface area contributed by atoms with E-state index in [1.807, 2.05) is 0 Å². The Kier molecular flexibility index (Phi) is 23.5. The summed E-state index contributed by atoms with van der Waals surface area (Å²) in [5.74, 6) is -0.311. The summed E-state index contributed by atoms with van der Waals surface area (Å²) in [7, 11) is 0. The van der Waals surface area contributed by atoms with Gasteiger partial charge < -0.3 is 10.2 Å². The zero-order valence-electron chi connectivity index (χ0n) is 22.0. The molecule has 0 aliphatic carbocycles. The van der Waals surface area contributed by atoms with E-state index in [9.17, 15) is 14.7 Å². The molecule has 0 aliphatic heterocycles. The number of hydrogen-bond acceptors (Lipinski definition) is 2. The Morgan fingerprint density at radius 1 is 0.818 bits per heavy atom. The fourth-order valence-corrected chi connectivity index (χ4v) is 4.83. The zero-order valence-corrected chi connectivity index (χ0v) is 22.8. The molecule has 0 saturated heterocycles. The van der Waals surface area contributed by atoms with Crippen molar-refractivity contribution >= 4 is 23.5 Å². The molecule has 2 atom stereocenters. The molecule has 0 fully saturated rings. The van der Waals surface area contributed by atoms with Crippen LogP contribution >= 0.6 is 11.6 Å². The van der Waals surface area contributed by atoms with Crippen molar-refractivity contribution in [3.05, 3.63) is 12.1 Å². The monoisotopic (exact) mass is 488 g/mol. The highest BCUT2D eigenvalue weighted by molar-refractivity contribution is 6.25. The van der Waals surface area contributed by atoms with Crippen LogP contribution in [0.3, 0.4) is 0 Å². The van der Waals surface area contributed by atoms with Crippen molar-refractivity contribution in [1.29, 1.82) is 0 Å². The van der Waals surface area contributed by atoms with Crippen LogP contribution in [0.15, 0.2) is 12.1 Å². The Balaban J connectivity index is 0. The van der Waals surface area contributed by atoms with Gasteiger partial charge in [0.1, 0.15) is 0 Å². The van der Waals surface area contributed by atoms with E-state index in [1.54, 1.807) is 0 Å². The van der Waals surface area contributed by atoms with E-state index in [4.69, 9.17) is 16.7 Å². The van der Waals surface area contributed by atoms with Gasteiger partial charge in [-0.05, 0) is 43.1 Å². The lowest BCUT2D eigenvalue weighted by Gasteiger charge is -2.36. The van der Waals surface area contributed by atoms with Gasteiger partial charge in [0.15, 0.2) is 0 Å². The number of aliphatic carboxylic acids is 2. The molecule has 4 nitrogen and oxygen atoms in total. The number of halogens is 1. The summed E-state index contributed by atoms with van der Waals surface area (Å²) < 4.78 is 0. The molecule has 0 aromatic heterocycles. The Bertz CT molecular complexity index is 474. The largest absolute Gasteiger partial charge is 0.481 e. The minimum absolute atomic E-state index is 0.240. The average molecular weight is 489 g/mol. The standard InChI is InChI=1S/C26H50O4.C2H3Cl/c1-5-9-16-22(7-3)20-26(25(29)30,21-23(8-4)17-10-6-2)19-15-13-11-12-14-18-24(27)28;1-2-3/h22-23H,5-21H2,1-4H3,(H,27,28)(H,29,30);2H,1H2. The summed E-state index contributed by atoms with van der Waals surface area (Å²) in [6.07, 6.45) is 16.4. The molecule has 0 aliphatic rings. The van der Waals surface area contributed by atoms with Crippen LogP contribution in [0.4, 0.5) is 0 Å². The Morgan fingerprint density at radius 3 is 1.61 bits per heavy atom. The third-order valence-corrected chi connectivity index (χ3v) is 6.95. The van der Waals surface area contributed by atoms with Crippen LogP contribution < -0.4 is 0 Å². The molecule has 2 N–H and O–H groups in total. The van der Waals surface area contributed by atoms with Gasteiger partial charge in [0, 0.05) is 6.42 Å². The molecule has 0 aromatic carbocycles. The third-order valence-electron chi connectivity index (χ3n) is 6.95. The van der Waals surface area contributed by atoms with Gasteiger partial charge in [0.2, 0.25) is 0 Å². The van der Waals surface area contributed by atoms with E-state index in [0.29, 0.717) is 11.8 Å². The molecule has 0 amide bonds. The Morgan fingerprint density at radius 2 is 1.24 bits per heavy atom. The summed E-state index contributed by atoms with van der Waals surface area (Å²) in [5.41, 5.74) is 0.629. The van der Waals surface area contributed by atoms with Crippen molar-refractivity contribution in [3.63, 3.8) is 0 Å². The van der Waals surface area contributed by atoms with E-state index >= 15 is 0 Å². The fourth-order valence-electron chi connectivity index (χ4n) is 4.83. The molecule has 33 heavy (non-hydrogen) atoms. The van der Waals surface area contributed by atoms with Gasteiger partial charge in [-0.15, -0.1) is 0 Å². The van der Waals surface area contributed by atoms with Crippen molar-refractivity contribution in [2.24, 2.45) is 17.3 Å². The van der Waals surface area contributed by atoms with Crippen LogP contribution in [0, 0.1) is 17.3 Å². The molecule has 5 heteroatoms. The first-order valence-corrected chi connectivity index (χ1v) is 13.9. The normalized spacial score (nSPS) is 14.5. The number of unbranched alkanes of at least 4 members (excludes halogenated alkanes) is 6. The maximum absolute atomic E-state index is 12.6. The smallest absolute Gasteiger partial charge is 0.309 e. The van der Waals surface area contributed by atoms with E-state index < -0.39 is 17.4 Å². The van der Waals surface area contributed by atoms with Crippen LogP contribution in [0.1, 0.15) is 137 Å². The second kappa shape index (κ2) is 22.7. The van der Waals surface area contributed by atoms with Gasteiger partial charge in [-0.2, -0.15) is 0 Å². The quantitative estimate of drug-likeness (QED) is 0.158. The van der Waals surface area contributed by atoms with E-state index in [2.05, 4.69) is 34.3 Å². The van der Waals surface area contributed by atoms with Gasteiger partial charge in [0.05, 0.1) is 5.41 Å². The minimum atomic E-state index is -0.727. The summed E-state index contributed by atoms with van der Waals surface area (Å²) in [5, 5.41) is 19.2. The second-order valence-electron chi connectivity index (χ2n) is 9.64. The number of carboxylic acid groups (broad SMARTS) is 2. The highest BCUT2D eigenvalue weighted by Crippen LogP contribution is 2.43. The minimum Gasteiger partial charge on any atom is -0.481 e. The second-order valence-corrected chi connectivity index (χ2v) is 9.95. The van der Waals surface area contributed by atoms with Crippen LogP contribution in [0.25, 0.3) is 0 Å². The van der Waals surface area contributed by atoms with Gasteiger partial charge >= 0.3 is 11.9 Å². The highest BCUT2D eigenvalue weighted by Gasteiger charge is 2.40. The van der Waals surface area contributed by atoms with Crippen molar-refractivity contribution in [1.82, 2.24) is 0 Å². The maximum atomic E-state index is 12.6. The molecule has 0 rings (SSSR count). The molecule has 0 radical (unpaired) electrons. The Labute approximate surface area is 209 Å². The molecule has 0 heterocycles. The van der Waals surface area contributed by atoms with Crippen molar-refractivity contribution in [2.45, 2.75) is 137 Å². The number of carboxylic acids is 2. The number of hydrogen-bond donors (Lipinski definition) is 2. The molecule has 0 spiro atoms. The first-order valence-electron chi connectivity index (χ1n) is 13.4. The van der Waals surface area contributed by atoms with Crippen molar-refractivity contribution in [3.8, 4) is 0 Å². The first kappa shape index (κ1) is 34.1. The van der Waals surface area contributed by atoms with E-state index in [0.717, 1.165) is 77.0 Å². The van der Waals surface area contributed by atoms with Crippen LogP contribution in [-0.4, -0.2) is 22.2 Å². The predicted molar refractivity (Wildman–Crippen MR) is 142 cm³/mol. The van der Waals surface area contributed by atoms with Crippen molar-refractivity contribution in [2.75, 3.05) is 0 Å². The van der Waals surface area contributed by atoms with E-state index in [1.165, 1.54) is 31.2 Å². The molecule has 0 saturated carbocycles. The first-order chi connectivity index (χ1) is 15.8. The van der Waals surface area contributed by atoms with E-state index in [-0.39, 0.29) is 6.42 Å². The third kappa shape index (κ3) is 18.0. The SMILES string of the molecule is C=CCl.CCCCC(CC)CC(CCCCCCCC(=O)O)(CC(CC)CCCC)C(=O)O. The average Bonchev–Trinajstić information content (AvgIpc) is 2.78. The lowest BCUT2D eigenvalue weighted by molar-refractivity contribution is -0.152. The van der Waals surface area contributed by atoms with Gasteiger partial charge in [0.25, 0.3) is 0 Å².